The molecule has 19 heavy (non-hydrogen) atoms. The highest BCUT2D eigenvalue weighted by molar-refractivity contribution is 5.78. The van der Waals surface area contributed by atoms with E-state index in [0.29, 0.717) is 6.04 Å². The summed E-state index contributed by atoms with van der Waals surface area (Å²) < 4.78 is 13.4. The van der Waals surface area contributed by atoms with E-state index in [1.54, 1.807) is 7.05 Å². The van der Waals surface area contributed by atoms with E-state index in [0.717, 1.165) is 12.8 Å². The molecule has 4 nitrogen and oxygen atoms in total. The van der Waals surface area contributed by atoms with Gasteiger partial charge in [0.1, 0.15) is 6.17 Å². The average Bonchev–Trinajstić information content (AvgIpc) is 2.43. The Morgan fingerprint density at radius 1 is 1.47 bits per heavy atom. The molecule has 1 rings (SSSR count). The molecule has 1 aliphatic rings. The first-order chi connectivity index (χ1) is 9.13. The molecular formula is C14H24FN3O. The minimum atomic E-state index is -1.11. The van der Waals surface area contributed by atoms with Gasteiger partial charge in [0.2, 0.25) is 5.91 Å². The van der Waals surface area contributed by atoms with Crippen LogP contribution in [0.1, 0.15) is 44.9 Å². The lowest BCUT2D eigenvalue weighted by Gasteiger charge is -2.25. The number of carbonyl (C=O) groups excluding carboxylic acids is 1. The van der Waals surface area contributed by atoms with Gasteiger partial charge in [-0.05, 0) is 19.3 Å². The lowest BCUT2D eigenvalue weighted by Crippen LogP contribution is -2.42. The van der Waals surface area contributed by atoms with Crippen LogP contribution in [0.5, 0.6) is 0 Å². The van der Waals surface area contributed by atoms with Crippen molar-refractivity contribution in [3.8, 4) is 6.07 Å². The fraction of sp³-hybridized carbons (Fsp3) is 0.857. The number of amides is 1. The molecule has 1 amide bonds. The molecule has 0 spiro atoms. The SMILES string of the molecule is CN(CC(F)CCC#N)C(=O)CNC1CCCCC1. The highest BCUT2D eigenvalue weighted by atomic mass is 19.1. The molecule has 1 aliphatic carbocycles. The molecule has 0 saturated heterocycles. The summed E-state index contributed by atoms with van der Waals surface area (Å²) in [6, 6.07) is 2.35. The molecule has 0 bridgehead atoms. The van der Waals surface area contributed by atoms with Gasteiger partial charge in [0.15, 0.2) is 0 Å². The molecule has 1 N–H and O–H groups in total. The number of nitrogens with one attached hydrogen (secondary N) is 1. The van der Waals surface area contributed by atoms with Gasteiger partial charge in [-0.1, -0.05) is 19.3 Å². The van der Waals surface area contributed by atoms with Crippen LogP contribution in [-0.2, 0) is 4.79 Å². The highest BCUT2D eigenvalue weighted by Crippen LogP contribution is 2.17. The van der Waals surface area contributed by atoms with E-state index in [-0.39, 0.29) is 31.8 Å². The number of halogens is 1. The van der Waals surface area contributed by atoms with Crippen LogP contribution in [0.25, 0.3) is 0 Å². The topological polar surface area (TPSA) is 56.1 Å². The van der Waals surface area contributed by atoms with Crippen LogP contribution >= 0.6 is 0 Å². The number of rotatable bonds is 7. The lowest BCUT2D eigenvalue weighted by molar-refractivity contribution is -0.129. The van der Waals surface area contributed by atoms with E-state index in [9.17, 15) is 9.18 Å². The average molecular weight is 269 g/mol. The van der Waals surface area contributed by atoms with Crippen LogP contribution in [0, 0.1) is 11.3 Å². The van der Waals surface area contributed by atoms with Gasteiger partial charge in [-0.25, -0.2) is 4.39 Å². The van der Waals surface area contributed by atoms with Crippen LogP contribution in [0.3, 0.4) is 0 Å². The number of hydrogen-bond acceptors (Lipinski definition) is 3. The zero-order valence-electron chi connectivity index (χ0n) is 11.7. The van der Waals surface area contributed by atoms with E-state index in [4.69, 9.17) is 5.26 Å². The van der Waals surface area contributed by atoms with Crippen LogP contribution < -0.4 is 5.32 Å². The first-order valence-electron chi connectivity index (χ1n) is 7.12. The number of nitriles is 1. The van der Waals surface area contributed by atoms with E-state index < -0.39 is 6.17 Å². The molecular weight excluding hydrogens is 245 g/mol. The molecule has 1 atom stereocenters. The number of alkyl halides is 1. The van der Waals surface area contributed by atoms with E-state index in [2.05, 4.69) is 5.32 Å². The summed E-state index contributed by atoms with van der Waals surface area (Å²) in [4.78, 5) is 13.2. The predicted octanol–water partition coefficient (Wildman–Crippen LogP) is 2.01. The summed E-state index contributed by atoms with van der Waals surface area (Å²) in [6.07, 6.45) is 5.28. The van der Waals surface area contributed by atoms with Crippen molar-refractivity contribution in [2.75, 3.05) is 20.1 Å². The molecule has 1 saturated carbocycles. The van der Waals surface area contributed by atoms with Gasteiger partial charge in [0, 0.05) is 19.5 Å². The lowest BCUT2D eigenvalue weighted by atomic mass is 9.95. The first kappa shape index (κ1) is 15.9. The summed E-state index contributed by atoms with van der Waals surface area (Å²) >= 11 is 0. The number of carbonyl (C=O) groups is 1. The Balaban J connectivity index is 2.18. The van der Waals surface area contributed by atoms with Crippen molar-refractivity contribution in [2.24, 2.45) is 0 Å². The number of likely N-dealkylation sites (N-methyl/N-ethyl adjacent to an activating group) is 1. The highest BCUT2D eigenvalue weighted by Gasteiger charge is 2.17. The third-order valence-corrected chi connectivity index (χ3v) is 3.61. The van der Waals surface area contributed by atoms with E-state index >= 15 is 0 Å². The Labute approximate surface area is 115 Å². The van der Waals surface area contributed by atoms with E-state index in [1.165, 1.54) is 24.2 Å². The first-order valence-corrected chi connectivity index (χ1v) is 7.12. The molecule has 1 unspecified atom stereocenters. The van der Waals surface area contributed by atoms with Crippen LogP contribution in [0.2, 0.25) is 0 Å². The van der Waals surface area contributed by atoms with E-state index in [1.807, 2.05) is 6.07 Å². The third kappa shape index (κ3) is 6.53. The molecule has 0 aromatic rings. The molecule has 0 aromatic heterocycles. The number of hydrogen-bond donors (Lipinski definition) is 1. The van der Waals surface area contributed by atoms with Gasteiger partial charge in [-0.3, -0.25) is 4.79 Å². The van der Waals surface area contributed by atoms with Crippen LogP contribution in [0.15, 0.2) is 0 Å². The quantitative estimate of drug-likeness (QED) is 0.769. The van der Waals surface area contributed by atoms with Gasteiger partial charge in [-0.2, -0.15) is 5.26 Å². The van der Waals surface area contributed by atoms with Gasteiger partial charge >= 0.3 is 0 Å². The van der Waals surface area contributed by atoms with Crippen molar-refractivity contribution < 1.29 is 9.18 Å². The molecule has 0 aliphatic heterocycles. The van der Waals surface area contributed by atoms with Crippen molar-refractivity contribution >= 4 is 5.91 Å². The summed E-state index contributed by atoms with van der Waals surface area (Å²) in [5.74, 6) is -0.0785. The van der Waals surface area contributed by atoms with Crippen molar-refractivity contribution in [3.05, 3.63) is 0 Å². The predicted molar refractivity (Wildman–Crippen MR) is 72.3 cm³/mol. The smallest absolute Gasteiger partial charge is 0.236 e. The van der Waals surface area contributed by atoms with Crippen molar-refractivity contribution in [1.82, 2.24) is 10.2 Å². The molecule has 0 aromatic carbocycles. The maximum absolute atomic E-state index is 13.4. The third-order valence-electron chi connectivity index (χ3n) is 3.61. The largest absolute Gasteiger partial charge is 0.342 e. The second-order valence-corrected chi connectivity index (χ2v) is 5.28. The van der Waals surface area contributed by atoms with Crippen molar-refractivity contribution in [1.29, 1.82) is 5.26 Å². The summed E-state index contributed by atoms with van der Waals surface area (Å²) in [5, 5.41) is 11.6. The summed E-state index contributed by atoms with van der Waals surface area (Å²) in [5.41, 5.74) is 0. The normalized spacial score (nSPS) is 17.7. The van der Waals surface area contributed by atoms with Gasteiger partial charge in [0.25, 0.3) is 0 Å². The second kappa shape index (κ2) is 8.87. The molecule has 1 fully saturated rings. The Morgan fingerprint density at radius 3 is 2.79 bits per heavy atom. The fourth-order valence-electron chi connectivity index (χ4n) is 2.38. The number of nitrogens with zero attached hydrogens (tertiary/aromatic N) is 2. The monoisotopic (exact) mass is 269 g/mol. The molecule has 0 radical (unpaired) electrons. The fourth-order valence-corrected chi connectivity index (χ4v) is 2.38. The van der Waals surface area contributed by atoms with Crippen LogP contribution in [0.4, 0.5) is 4.39 Å². The minimum absolute atomic E-state index is 0.0762. The molecule has 5 heteroatoms. The zero-order valence-corrected chi connectivity index (χ0v) is 11.7. The van der Waals surface area contributed by atoms with Gasteiger partial charge < -0.3 is 10.2 Å². The standard InChI is InChI=1S/C14H24FN3O/c1-18(11-12(15)6-5-9-16)14(19)10-17-13-7-3-2-4-8-13/h12-13,17H,2-8,10-11H2,1H3. The maximum Gasteiger partial charge on any atom is 0.236 e. The Bertz CT molecular complexity index is 310. The molecule has 108 valence electrons. The molecule has 0 heterocycles. The van der Waals surface area contributed by atoms with Gasteiger partial charge in [0.05, 0.1) is 19.2 Å². The second-order valence-electron chi connectivity index (χ2n) is 5.28. The maximum atomic E-state index is 13.4. The minimum Gasteiger partial charge on any atom is -0.342 e. The van der Waals surface area contributed by atoms with Crippen molar-refractivity contribution in [3.63, 3.8) is 0 Å². The summed E-state index contributed by atoms with van der Waals surface area (Å²) in [7, 11) is 1.61. The summed E-state index contributed by atoms with van der Waals surface area (Å²) in [6.45, 7) is 0.360. The van der Waals surface area contributed by atoms with Crippen molar-refractivity contribution in [2.45, 2.75) is 57.2 Å². The Morgan fingerprint density at radius 2 is 2.16 bits per heavy atom. The van der Waals surface area contributed by atoms with Gasteiger partial charge in [-0.15, -0.1) is 0 Å². The zero-order chi connectivity index (χ0) is 14.1. The Hall–Kier alpha value is -1.15. The van der Waals surface area contributed by atoms with Crippen LogP contribution in [-0.4, -0.2) is 43.2 Å². The Kier molecular flexibility index (Phi) is 7.42.